The molecule has 2 aromatic rings. The fraction of sp³-hybridized carbons (Fsp3) is 0.462. The molecule has 1 fully saturated rings. The summed E-state index contributed by atoms with van der Waals surface area (Å²) in [6, 6.07) is 19.7. The summed E-state index contributed by atoms with van der Waals surface area (Å²) in [5.74, 6) is 0.0735. The molecule has 1 amide bonds. The van der Waals surface area contributed by atoms with Gasteiger partial charge in [-0.3, -0.25) is 9.79 Å². The number of benzene rings is 2. The van der Waals surface area contributed by atoms with E-state index in [1.54, 1.807) is 0 Å². The van der Waals surface area contributed by atoms with Crippen molar-refractivity contribution >= 4 is 11.6 Å². The molecule has 3 unspecified atom stereocenters. The van der Waals surface area contributed by atoms with Gasteiger partial charge in [0.2, 0.25) is 5.91 Å². The molecular weight excluding hydrogens is 404 g/mol. The van der Waals surface area contributed by atoms with Crippen LogP contribution < -0.4 is 5.32 Å². The molecule has 6 heteroatoms. The number of aliphatic hydroxyl groups is 1. The third kappa shape index (κ3) is 7.86. The van der Waals surface area contributed by atoms with Crippen LogP contribution in [0.3, 0.4) is 0 Å². The zero-order valence-corrected chi connectivity index (χ0v) is 18.8. The second kappa shape index (κ2) is 13.1. The van der Waals surface area contributed by atoms with E-state index >= 15 is 0 Å². The summed E-state index contributed by atoms with van der Waals surface area (Å²) in [6.45, 7) is 2.55. The third-order valence-electron chi connectivity index (χ3n) is 5.54. The molecule has 0 aliphatic carbocycles. The summed E-state index contributed by atoms with van der Waals surface area (Å²) in [5.41, 5.74) is 2.86. The quantitative estimate of drug-likeness (QED) is 0.240. The Bertz CT molecular complexity index is 800. The van der Waals surface area contributed by atoms with E-state index in [1.165, 1.54) is 0 Å². The van der Waals surface area contributed by atoms with Gasteiger partial charge in [-0.05, 0) is 32.6 Å². The van der Waals surface area contributed by atoms with Crippen LogP contribution in [0.5, 0.6) is 0 Å². The fourth-order valence-corrected chi connectivity index (χ4v) is 4.02. The maximum atomic E-state index is 11.9. The first-order valence-electron chi connectivity index (χ1n) is 11.6. The number of nitrogens with zero attached hydrogens (tertiary/aromatic N) is 1. The van der Waals surface area contributed by atoms with Crippen LogP contribution >= 0.6 is 0 Å². The number of hydrogen-bond donors (Lipinski definition) is 2. The molecule has 3 rings (SSSR count). The number of carbonyl (C=O) groups is 1. The van der Waals surface area contributed by atoms with Gasteiger partial charge in [0.25, 0.3) is 0 Å². The summed E-state index contributed by atoms with van der Waals surface area (Å²) in [4.78, 5) is 27.4. The fourth-order valence-electron chi connectivity index (χ4n) is 4.02. The predicted molar refractivity (Wildman–Crippen MR) is 126 cm³/mol. The Balaban J connectivity index is 1.78. The minimum Gasteiger partial charge on any atom is -0.393 e. The van der Waals surface area contributed by atoms with Crippen LogP contribution in [0.4, 0.5) is 0 Å². The lowest BCUT2D eigenvalue weighted by molar-refractivity contribution is -0.293. The van der Waals surface area contributed by atoms with Crippen molar-refractivity contribution in [1.82, 2.24) is 5.32 Å². The van der Waals surface area contributed by atoms with Crippen LogP contribution in [0.15, 0.2) is 65.7 Å². The molecule has 0 spiro atoms. The standard InChI is InChI=1S/C26H34N2O4/c1-2-31-32-19-23(18-24(29)17-22-15-9-10-16-25(30)27-22)28-26(20-11-5-3-6-12-20)21-13-7-4-8-14-21/h3-8,11-14,22-24,29H,2,9-10,15-19H2,1H3,(H,27,30). The van der Waals surface area contributed by atoms with Gasteiger partial charge >= 0.3 is 0 Å². The van der Waals surface area contributed by atoms with Gasteiger partial charge in [0.1, 0.15) is 6.61 Å². The van der Waals surface area contributed by atoms with E-state index < -0.39 is 6.10 Å². The summed E-state index contributed by atoms with van der Waals surface area (Å²) in [7, 11) is 0. The molecule has 1 aliphatic rings. The van der Waals surface area contributed by atoms with Gasteiger partial charge in [-0.15, -0.1) is 0 Å². The first-order valence-corrected chi connectivity index (χ1v) is 11.6. The number of amides is 1. The topological polar surface area (TPSA) is 80.1 Å². The maximum absolute atomic E-state index is 11.9. The molecule has 0 saturated carbocycles. The predicted octanol–water partition coefficient (Wildman–Crippen LogP) is 4.06. The average Bonchev–Trinajstić information content (AvgIpc) is 3.02. The monoisotopic (exact) mass is 438 g/mol. The number of aliphatic hydroxyl groups excluding tert-OH is 1. The lowest BCUT2D eigenvalue weighted by atomic mass is 9.98. The zero-order chi connectivity index (χ0) is 22.6. The Morgan fingerprint density at radius 3 is 2.34 bits per heavy atom. The largest absolute Gasteiger partial charge is 0.393 e. The molecular formula is C26H34N2O4. The van der Waals surface area contributed by atoms with E-state index in [4.69, 9.17) is 14.8 Å². The van der Waals surface area contributed by atoms with Crippen molar-refractivity contribution in [2.75, 3.05) is 13.2 Å². The summed E-state index contributed by atoms with van der Waals surface area (Å²) >= 11 is 0. The van der Waals surface area contributed by atoms with Crippen LogP contribution in [0.25, 0.3) is 0 Å². The minimum absolute atomic E-state index is 0.000145. The Labute approximate surface area is 190 Å². The van der Waals surface area contributed by atoms with Crippen LogP contribution in [-0.4, -0.2) is 48.1 Å². The van der Waals surface area contributed by atoms with E-state index in [0.29, 0.717) is 25.9 Å². The van der Waals surface area contributed by atoms with Crippen LogP contribution in [0.2, 0.25) is 0 Å². The van der Waals surface area contributed by atoms with Gasteiger partial charge in [0, 0.05) is 23.6 Å². The summed E-state index contributed by atoms with van der Waals surface area (Å²) in [6.07, 6.45) is 3.69. The van der Waals surface area contributed by atoms with E-state index in [-0.39, 0.29) is 24.6 Å². The van der Waals surface area contributed by atoms with Crippen LogP contribution in [-0.2, 0) is 14.6 Å². The Morgan fingerprint density at radius 2 is 1.72 bits per heavy atom. The molecule has 172 valence electrons. The van der Waals surface area contributed by atoms with Crippen molar-refractivity contribution in [3.8, 4) is 0 Å². The molecule has 1 aliphatic heterocycles. The number of rotatable bonds is 11. The number of nitrogens with one attached hydrogen (secondary N) is 1. The Hall–Kier alpha value is -2.54. The van der Waals surface area contributed by atoms with Gasteiger partial charge < -0.3 is 10.4 Å². The molecule has 0 radical (unpaired) electrons. The molecule has 2 N–H and O–H groups in total. The summed E-state index contributed by atoms with van der Waals surface area (Å²) < 4.78 is 0. The zero-order valence-electron chi connectivity index (χ0n) is 18.8. The summed E-state index contributed by atoms with van der Waals surface area (Å²) in [5, 5.41) is 13.9. The molecule has 3 atom stereocenters. The minimum atomic E-state index is -0.606. The molecule has 2 aromatic carbocycles. The smallest absolute Gasteiger partial charge is 0.220 e. The molecule has 1 heterocycles. The Kier molecular flexibility index (Phi) is 9.88. The highest BCUT2D eigenvalue weighted by atomic mass is 17.2. The van der Waals surface area contributed by atoms with Crippen molar-refractivity contribution in [2.45, 2.75) is 63.6 Å². The highest BCUT2D eigenvalue weighted by Crippen LogP contribution is 2.19. The average molecular weight is 439 g/mol. The molecule has 32 heavy (non-hydrogen) atoms. The molecule has 0 bridgehead atoms. The number of carbonyl (C=O) groups excluding carboxylic acids is 1. The Morgan fingerprint density at radius 1 is 1.06 bits per heavy atom. The first-order chi connectivity index (χ1) is 15.7. The number of hydrogen-bond acceptors (Lipinski definition) is 5. The second-order valence-corrected chi connectivity index (χ2v) is 8.19. The van der Waals surface area contributed by atoms with Gasteiger partial charge in [0.15, 0.2) is 0 Å². The van der Waals surface area contributed by atoms with E-state index in [2.05, 4.69) is 5.32 Å². The first kappa shape index (κ1) is 24.1. The van der Waals surface area contributed by atoms with E-state index in [9.17, 15) is 9.90 Å². The van der Waals surface area contributed by atoms with E-state index in [0.717, 1.165) is 36.1 Å². The maximum Gasteiger partial charge on any atom is 0.220 e. The highest BCUT2D eigenvalue weighted by molar-refractivity contribution is 6.12. The van der Waals surface area contributed by atoms with E-state index in [1.807, 2.05) is 67.6 Å². The SMILES string of the molecule is CCOOCC(CC(O)CC1CCCCC(=O)N1)N=C(c1ccccc1)c1ccccc1. The van der Waals surface area contributed by atoms with Crippen LogP contribution in [0, 0.1) is 0 Å². The third-order valence-corrected chi connectivity index (χ3v) is 5.54. The van der Waals surface area contributed by atoms with Gasteiger partial charge in [0.05, 0.1) is 24.5 Å². The van der Waals surface area contributed by atoms with Crippen molar-refractivity contribution in [3.05, 3.63) is 71.8 Å². The molecule has 6 nitrogen and oxygen atoms in total. The van der Waals surface area contributed by atoms with Crippen molar-refractivity contribution in [2.24, 2.45) is 4.99 Å². The van der Waals surface area contributed by atoms with Gasteiger partial charge in [-0.1, -0.05) is 67.1 Å². The van der Waals surface area contributed by atoms with Crippen molar-refractivity contribution in [3.63, 3.8) is 0 Å². The van der Waals surface area contributed by atoms with Gasteiger partial charge in [-0.2, -0.15) is 0 Å². The highest BCUT2D eigenvalue weighted by Gasteiger charge is 2.23. The van der Waals surface area contributed by atoms with Crippen LogP contribution in [0.1, 0.15) is 56.6 Å². The van der Waals surface area contributed by atoms with Gasteiger partial charge in [-0.25, -0.2) is 9.78 Å². The second-order valence-electron chi connectivity index (χ2n) is 8.19. The van der Waals surface area contributed by atoms with Crippen molar-refractivity contribution in [1.29, 1.82) is 0 Å². The molecule has 0 aromatic heterocycles. The van der Waals surface area contributed by atoms with Crippen molar-refractivity contribution < 1.29 is 19.7 Å². The number of aliphatic imine (C=N–C) groups is 1. The normalized spacial score (nSPS) is 18.3. The lowest BCUT2D eigenvalue weighted by Gasteiger charge is -2.23. The molecule has 1 saturated heterocycles. The lowest BCUT2D eigenvalue weighted by Crippen LogP contribution is -2.36.